The number of nitrogens with two attached hydrogens (primary N) is 1. The molecule has 1 aliphatic rings. The number of hydrogen-bond donors (Lipinski definition) is 3. The second-order valence-electron chi connectivity index (χ2n) is 8.18. The van der Waals surface area contributed by atoms with Crippen molar-refractivity contribution in [2.45, 2.75) is 36.3 Å². The predicted octanol–water partition coefficient (Wildman–Crippen LogP) is 3.82. The van der Waals surface area contributed by atoms with E-state index in [0.29, 0.717) is 17.3 Å². The fourth-order valence-corrected chi connectivity index (χ4v) is 5.72. The number of aromatic nitrogens is 5. The molecule has 3 aromatic heterocycles. The Morgan fingerprint density at radius 1 is 1.29 bits per heavy atom. The van der Waals surface area contributed by atoms with E-state index >= 15 is 0 Å². The highest BCUT2D eigenvalue weighted by atomic mass is 32.2. The molecule has 12 heteroatoms. The van der Waals surface area contributed by atoms with E-state index in [1.54, 1.807) is 18.1 Å². The number of carbonyl (C=O) groups is 1. The molecule has 35 heavy (non-hydrogen) atoms. The number of fused-ring (bicyclic) bond motifs is 1. The van der Waals surface area contributed by atoms with Crippen LogP contribution in [0.5, 0.6) is 0 Å². The SMILES string of the molecule is NC(=O)OC1CCCN(c2nc(SCc3ccccc3)nc3nc(NCCc4cnc[nH]4)sc23)C1. The van der Waals surface area contributed by atoms with Crippen molar-refractivity contribution in [3.8, 4) is 0 Å². The normalized spacial score (nSPS) is 15.9. The topological polar surface area (TPSA) is 135 Å². The maximum absolute atomic E-state index is 11.3. The smallest absolute Gasteiger partial charge is 0.404 e. The summed E-state index contributed by atoms with van der Waals surface area (Å²) in [6, 6.07) is 10.2. The zero-order chi connectivity index (χ0) is 24.0. The molecule has 4 N–H and O–H groups in total. The molecule has 1 fully saturated rings. The van der Waals surface area contributed by atoms with E-state index in [1.807, 2.05) is 24.4 Å². The van der Waals surface area contributed by atoms with Crippen LogP contribution in [0.1, 0.15) is 24.1 Å². The first kappa shape index (κ1) is 23.4. The number of benzene rings is 1. The molecule has 4 aromatic rings. The van der Waals surface area contributed by atoms with Crippen LogP contribution in [0.15, 0.2) is 48.0 Å². The summed E-state index contributed by atoms with van der Waals surface area (Å²) in [5, 5.41) is 4.86. The van der Waals surface area contributed by atoms with Crippen LogP contribution in [0.3, 0.4) is 0 Å². The van der Waals surface area contributed by atoms with Gasteiger partial charge in [-0.1, -0.05) is 53.4 Å². The number of thioether (sulfide) groups is 1. The summed E-state index contributed by atoms with van der Waals surface area (Å²) in [7, 11) is 0. The highest BCUT2D eigenvalue weighted by Crippen LogP contribution is 2.35. The van der Waals surface area contributed by atoms with Crippen LogP contribution in [0, 0.1) is 0 Å². The number of nitrogens with zero attached hydrogens (tertiary/aromatic N) is 5. The molecule has 0 spiro atoms. The van der Waals surface area contributed by atoms with E-state index in [9.17, 15) is 4.79 Å². The van der Waals surface area contributed by atoms with Gasteiger partial charge in [0.15, 0.2) is 21.8 Å². The Kier molecular flexibility index (Phi) is 7.28. The quantitative estimate of drug-likeness (QED) is 0.227. The number of piperidine rings is 1. The third-order valence-corrected chi connectivity index (χ3v) is 7.53. The number of nitrogens with one attached hydrogen (secondary N) is 2. The third kappa shape index (κ3) is 6.01. The molecule has 10 nitrogen and oxygen atoms in total. The summed E-state index contributed by atoms with van der Waals surface area (Å²) in [5.74, 6) is 1.58. The molecule has 1 unspecified atom stereocenters. The summed E-state index contributed by atoms with van der Waals surface area (Å²) in [4.78, 5) is 35.1. The van der Waals surface area contributed by atoms with Gasteiger partial charge in [-0.15, -0.1) is 0 Å². The van der Waals surface area contributed by atoms with Crippen LogP contribution in [0.4, 0.5) is 15.7 Å². The number of aromatic amines is 1. The standard InChI is InChI=1S/C23H26N8O2S2/c24-21(32)33-17-7-4-10-31(12-17)20-18-19(28-22(35-18)26-9-8-16-11-25-14-27-16)29-23(30-20)34-13-15-5-2-1-3-6-15/h1-3,5-6,11,14,17H,4,7-10,12-13H2,(H2,24,32)(H,25,27)(H,26,28,29,30). The number of carbonyl (C=O) groups excluding carboxylic acids is 1. The first-order valence-electron chi connectivity index (χ1n) is 11.4. The van der Waals surface area contributed by atoms with Gasteiger partial charge in [0.25, 0.3) is 0 Å². The van der Waals surface area contributed by atoms with Crippen molar-refractivity contribution in [1.29, 1.82) is 0 Å². The van der Waals surface area contributed by atoms with E-state index in [4.69, 9.17) is 25.4 Å². The summed E-state index contributed by atoms with van der Waals surface area (Å²) in [6.07, 6.45) is 4.97. The van der Waals surface area contributed by atoms with Gasteiger partial charge in [0.05, 0.1) is 12.9 Å². The molecule has 5 rings (SSSR count). The van der Waals surface area contributed by atoms with E-state index in [1.165, 1.54) is 16.9 Å². The monoisotopic (exact) mass is 510 g/mol. The van der Waals surface area contributed by atoms with Crippen LogP contribution in [-0.2, 0) is 16.9 Å². The van der Waals surface area contributed by atoms with Gasteiger partial charge in [-0.05, 0) is 18.4 Å². The van der Waals surface area contributed by atoms with Crippen molar-refractivity contribution in [2.24, 2.45) is 5.73 Å². The Labute approximate surface area is 210 Å². The summed E-state index contributed by atoms with van der Waals surface area (Å²) >= 11 is 3.12. The average molecular weight is 511 g/mol. The highest BCUT2D eigenvalue weighted by Gasteiger charge is 2.26. The molecule has 0 radical (unpaired) electrons. The molecule has 1 saturated heterocycles. The average Bonchev–Trinajstić information content (AvgIpc) is 3.52. The lowest BCUT2D eigenvalue weighted by molar-refractivity contribution is 0.0964. The third-order valence-electron chi connectivity index (χ3n) is 5.61. The van der Waals surface area contributed by atoms with Crippen molar-refractivity contribution < 1.29 is 9.53 Å². The summed E-state index contributed by atoms with van der Waals surface area (Å²) < 4.78 is 6.21. The molecule has 182 valence electrons. The van der Waals surface area contributed by atoms with E-state index in [2.05, 4.69) is 32.3 Å². The molecule has 4 heterocycles. The summed E-state index contributed by atoms with van der Waals surface area (Å²) in [6.45, 7) is 2.07. The minimum Gasteiger partial charge on any atom is -0.445 e. The van der Waals surface area contributed by atoms with Gasteiger partial charge in [-0.2, -0.15) is 4.98 Å². The second kappa shape index (κ2) is 10.9. The number of amides is 1. The van der Waals surface area contributed by atoms with Crippen molar-refractivity contribution in [2.75, 3.05) is 29.9 Å². The van der Waals surface area contributed by atoms with Gasteiger partial charge in [0, 0.05) is 37.2 Å². The van der Waals surface area contributed by atoms with Crippen molar-refractivity contribution in [1.82, 2.24) is 24.9 Å². The van der Waals surface area contributed by atoms with Crippen LogP contribution in [0.25, 0.3) is 10.3 Å². The number of hydrogen-bond acceptors (Lipinski definition) is 10. The summed E-state index contributed by atoms with van der Waals surface area (Å²) in [5.41, 5.74) is 8.20. The highest BCUT2D eigenvalue weighted by molar-refractivity contribution is 7.98. The fourth-order valence-electron chi connectivity index (χ4n) is 3.98. The van der Waals surface area contributed by atoms with Crippen molar-refractivity contribution in [3.05, 3.63) is 54.1 Å². The molecule has 1 amide bonds. The first-order valence-corrected chi connectivity index (χ1v) is 13.2. The van der Waals surface area contributed by atoms with Crippen molar-refractivity contribution >= 4 is 50.5 Å². The molecule has 0 aliphatic carbocycles. The number of H-pyrrole nitrogens is 1. The Hall–Kier alpha value is -3.38. The number of thiazole rings is 1. The second-order valence-corrected chi connectivity index (χ2v) is 10.1. The van der Waals surface area contributed by atoms with Crippen LogP contribution >= 0.6 is 23.1 Å². The number of rotatable bonds is 9. The predicted molar refractivity (Wildman–Crippen MR) is 138 cm³/mol. The molecule has 0 bridgehead atoms. The molecular formula is C23H26N8O2S2. The molecule has 0 saturated carbocycles. The zero-order valence-electron chi connectivity index (χ0n) is 19.0. The van der Waals surface area contributed by atoms with E-state index in [-0.39, 0.29) is 6.10 Å². The number of primary amides is 1. The lowest BCUT2D eigenvalue weighted by Gasteiger charge is -2.33. The van der Waals surface area contributed by atoms with Crippen LogP contribution in [-0.4, -0.2) is 56.8 Å². The van der Waals surface area contributed by atoms with Crippen LogP contribution in [0.2, 0.25) is 0 Å². The maximum Gasteiger partial charge on any atom is 0.404 e. The minimum atomic E-state index is -0.745. The minimum absolute atomic E-state index is 0.258. The Bertz CT molecular complexity index is 1270. The largest absolute Gasteiger partial charge is 0.445 e. The zero-order valence-corrected chi connectivity index (χ0v) is 20.6. The van der Waals surface area contributed by atoms with E-state index < -0.39 is 6.09 Å². The maximum atomic E-state index is 11.3. The molecule has 1 aromatic carbocycles. The molecular weight excluding hydrogens is 484 g/mol. The van der Waals surface area contributed by atoms with Gasteiger partial charge in [0.1, 0.15) is 10.8 Å². The lowest BCUT2D eigenvalue weighted by atomic mass is 10.1. The van der Waals surface area contributed by atoms with Gasteiger partial charge >= 0.3 is 6.09 Å². The Balaban J connectivity index is 1.39. The Morgan fingerprint density at radius 2 is 2.17 bits per heavy atom. The van der Waals surface area contributed by atoms with Gasteiger partial charge in [0.2, 0.25) is 0 Å². The number of anilines is 2. The van der Waals surface area contributed by atoms with Crippen molar-refractivity contribution in [3.63, 3.8) is 0 Å². The van der Waals surface area contributed by atoms with Gasteiger partial charge in [-0.3, -0.25) is 0 Å². The number of imidazole rings is 1. The molecule has 1 atom stereocenters. The Morgan fingerprint density at radius 3 is 2.97 bits per heavy atom. The molecule has 1 aliphatic heterocycles. The fraction of sp³-hybridized carbons (Fsp3) is 0.348. The lowest BCUT2D eigenvalue weighted by Crippen LogP contribution is -2.41. The van der Waals surface area contributed by atoms with E-state index in [0.717, 1.165) is 59.4 Å². The van der Waals surface area contributed by atoms with Crippen LogP contribution < -0.4 is 16.0 Å². The number of ether oxygens (including phenoxy) is 1. The van der Waals surface area contributed by atoms with Gasteiger partial charge in [-0.25, -0.2) is 19.7 Å². The first-order chi connectivity index (χ1) is 17.1. The van der Waals surface area contributed by atoms with Gasteiger partial charge < -0.3 is 25.7 Å².